The number of rotatable bonds is 3. The monoisotopic (exact) mass is 258 g/mol. The Kier molecular flexibility index (Phi) is 4.37. The van der Waals surface area contributed by atoms with E-state index in [1.807, 2.05) is 18.2 Å². The molecule has 0 atom stereocenters. The van der Waals surface area contributed by atoms with E-state index in [4.69, 9.17) is 11.0 Å². The zero-order valence-electron chi connectivity index (χ0n) is 10.8. The van der Waals surface area contributed by atoms with Crippen molar-refractivity contribution in [1.29, 1.82) is 5.26 Å². The molecule has 0 unspecified atom stereocenters. The van der Waals surface area contributed by atoms with Crippen molar-refractivity contribution in [2.75, 3.05) is 13.1 Å². The molecule has 1 aliphatic rings. The molecule has 1 heterocycles. The van der Waals surface area contributed by atoms with Gasteiger partial charge in [-0.05, 0) is 30.5 Å². The summed E-state index contributed by atoms with van der Waals surface area (Å²) in [6.07, 6.45) is 1.84. The maximum atomic E-state index is 11.0. The van der Waals surface area contributed by atoms with Crippen LogP contribution in [0.5, 0.6) is 0 Å². The van der Waals surface area contributed by atoms with Crippen molar-refractivity contribution in [2.45, 2.75) is 25.4 Å². The van der Waals surface area contributed by atoms with Gasteiger partial charge in [0.1, 0.15) is 0 Å². The van der Waals surface area contributed by atoms with Crippen LogP contribution in [-0.2, 0) is 6.54 Å². The predicted molar refractivity (Wildman–Crippen MR) is 72.2 cm³/mol. The van der Waals surface area contributed by atoms with Crippen LogP contribution in [0.4, 0.5) is 4.79 Å². The summed E-state index contributed by atoms with van der Waals surface area (Å²) >= 11 is 0. The number of piperidine rings is 1. The van der Waals surface area contributed by atoms with E-state index in [1.165, 1.54) is 0 Å². The highest BCUT2D eigenvalue weighted by Gasteiger charge is 2.20. The highest BCUT2D eigenvalue weighted by molar-refractivity contribution is 5.72. The Morgan fingerprint density at radius 3 is 2.84 bits per heavy atom. The summed E-state index contributed by atoms with van der Waals surface area (Å²) < 4.78 is 0. The molecule has 1 fully saturated rings. The van der Waals surface area contributed by atoms with Gasteiger partial charge in [0.05, 0.1) is 11.6 Å². The van der Waals surface area contributed by atoms with Gasteiger partial charge >= 0.3 is 6.03 Å². The number of amides is 2. The number of hydrogen-bond donors (Lipinski definition) is 2. The average Bonchev–Trinajstić information content (AvgIpc) is 2.46. The predicted octanol–water partition coefficient (Wildman–Crippen LogP) is 1.19. The second kappa shape index (κ2) is 6.21. The van der Waals surface area contributed by atoms with Gasteiger partial charge in [-0.3, -0.25) is 0 Å². The first-order valence-corrected chi connectivity index (χ1v) is 6.46. The molecule has 0 aliphatic carbocycles. The first kappa shape index (κ1) is 13.4. The summed E-state index contributed by atoms with van der Waals surface area (Å²) in [5.74, 6) is 0. The quantitative estimate of drug-likeness (QED) is 0.854. The maximum Gasteiger partial charge on any atom is 0.314 e. The fourth-order valence-corrected chi connectivity index (χ4v) is 2.32. The van der Waals surface area contributed by atoms with Crippen LogP contribution in [0.15, 0.2) is 24.3 Å². The lowest BCUT2D eigenvalue weighted by Crippen LogP contribution is -2.46. The number of nitriles is 1. The van der Waals surface area contributed by atoms with Gasteiger partial charge in [0.15, 0.2) is 0 Å². The number of hydrogen-bond acceptors (Lipinski definition) is 3. The fraction of sp³-hybridized carbons (Fsp3) is 0.429. The summed E-state index contributed by atoms with van der Waals surface area (Å²) in [5.41, 5.74) is 7.04. The number of nitrogens with one attached hydrogen (secondary N) is 1. The van der Waals surface area contributed by atoms with Crippen LogP contribution in [0.25, 0.3) is 0 Å². The van der Waals surface area contributed by atoms with Gasteiger partial charge < -0.3 is 16.0 Å². The van der Waals surface area contributed by atoms with E-state index in [0.717, 1.165) is 24.9 Å². The van der Waals surface area contributed by atoms with Crippen molar-refractivity contribution in [1.82, 2.24) is 10.2 Å². The number of benzene rings is 1. The van der Waals surface area contributed by atoms with E-state index in [2.05, 4.69) is 11.4 Å². The van der Waals surface area contributed by atoms with Crippen molar-refractivity contribution in [3.63, 3.8) is 0 Å². The third-order valence-electron chi connectivity index (χ3n) is 3.46. The van der Waals surface area contributed by atoms with E-state index in [9.17, 15) is 4.79 Å². The molecule has 0 bridgehead atoms. The van der Waals surface area contributed by atoms with Gasteiger partial charge in [-0.2, -0.15) is 5.26 Å². The molecule has 2 amide bonds. The molecule has 3 N–H and O–H groups in total. The summed E-state index contributed by atoms with van der Waals surface area (Å²) in [5, 5.41) is 12.3. The lowest BCUT2D eigenvalue weighted by Gasteiger charge is -2.31. The van der Waals surface area contributed by atoms with Gasteiger partial charge in [0.2, 0.25) is 0 Å². The first-order chi connectivity index (χ1) is 9.19. The largest absolute Gasteiger partial charge is 0.351 e. The van der Waals surface area contributed by atoms with Crippen molar-refractivity contribution < 1.29 is 4.79 Å². The topological polar surface area (TPSA) is 82.2 Å². The zero-order chi connectivity index (χ0) is 13.7. The molecular formula is C14H18N4O. The number of carbonyl (C=O) groups excluding carboxylic acids is 1. The number of urea groups is 1. The number of nitrogens with two attached hydrogens (primary N) is 1. The number of nitrogens with zero attached hydrogens (tertiary/aromatic N) is 2. The van der Waals surface area contributed by atoms with E-state index in [0.29, 0.717) is 24.7 Å². The second-order valence-corrected chi connectivity index (χ2v) is 4.79. The van der Waals surface area contributed by atoms with Gasteiger partial charge in [-0.25, -0.2) is 4.79 Å². The van der Waals surface area contributed by atoms with Crippen molar-refractivity contribution in [3.8, 4) is 6.07 Å². The van der Waals surface area contributed by atoms with Crippen LogP contribution in [0, 0.1) is 11.3 Å². The van der Waals surface area contributed by atoms with Gasteiger partial charge in [-0.15, -0.1) is 0 Å². The van der Waals surface area contributed by atoms with Crippen LogP contribution in [-0.4, -0.2) is 30.1 Å². The molecule has 2 rings (SSSR count). The van der Waals surface area contributed by atoms with E-state index in [-0.39, 0.29) is 6.03 Å². The first-order valence-electron chi connectivity index (χ1n) is 6.46. The van der Waals surface area contributed by atoms with Crippen LogP contribution in [0.3, 0.4) is 0 Å². The Bertz CT molecular complexity index is 486. The molecule has 0 spiro atoms. The molecule has 100 valence electrons. The van der Waals surface area contributed by atoms with Gasteiger partial charge in [0, 0.05) is 25.7 Å². The van der Waals surface area contributed by atoms with Crippen molar-refractivity contribution in [3.05, 3.63) is 35.4 Å². The Hall–Kier alpha value is -2.06. The third kappa shape index (κ3) is 3.70. The highest BCUT2D eigenvalue weighted by Crippen LogP contribution is 2.11. The molecule has 1 aliphatic heterocycles. The molecule has 1 saturated heterocycles. The zero-order valence-corrected chi connectivity index (χ0v) is 10.8. The molecular weight excluding hydrogens is 240 g/mol. The lowest BCUT2D eigenvalue weighted by atomic mass is 10.0. The molecule has 5 heteroatoms. The number of primary amides is 1. The van der Waals surface area contributed by atoms with Crippen LogP contribution >= 0.6 is 0 Å². The lowest BCUT2D eigenvalue weighted by molar-refractivity contribution is 0.185. The molecule has 0 saturated carbocycles. The van der Waals surface area contributed by atoms with Crippen molar-refractivity contribution in [2.24, 2.45) is 5.73 Å². The summed E-state index contributed by atoms with van der Waals surface area (Å²) in [6.45, 7) is 2.17. The highest BCUT2D eigenvalue weighted by atomic mass is 16.2. The summed E-state index contributed by atoms with van der Waals surface area (Å²) in [6, 6.07) is 9.80. The minimum atomic E-state index is -0.333. The van der Waals surface area contributed by atoms with Crippen LogP contribution in [0.2, 0.25) is 0 Å². The standard InChI is InChI=1S/C14H18N4O/c15-9-11-2-1-3-12(8-11)10-17-13-4-6-18(7-5-13)14(16)19/h1-3,8,13,17H,4-7,10H2,(H2,16,19). The maximum absolute atomic E-state index is 11.0. The van der Waals surface area contributed by atoms with E-state index < -0.39 is 0 Å². The molecule has 0 radical (unpaired) electrons. The van der Waals surface area contributed by atoms with Crippen LogP contribution in [0.1, 0.15) is 24.0 Å². The molecule has 1 aromatic rings. The number of carbonyl (C=O) groups is 1. The average molecular weight is 258 g/mol. The molecule has 19 heavy (non-hydrogen) atoms. The fourth-order valence-electron chi connectivity index (χ4n) is 2.32. The van der Waals surface area contributed by atoms with Gasteiger partial charge in [-0.1, -0.05) is 12.1 Å². The van der Waals surface area contributed by atoms with Crippen LogP contribution < -0.4 is 11.1 Å². The second-order valence-electron chi connectivity index (χ2n) is 4.79. The SMILES string of the molecule is N#Cc1cccc(CNC2CCN(C(N)=O)CC2)c1. The Morgan fingerprint density at radius 1 is 1.47 bits per heavy atom. The van der Waals surface area contributed by atoms with E-state index >= 15 is 0 Å². The van der Waals surface area contributed by atoms with Gasteiger partial charge in [0.25, 0.3) is 0 Å². The van der Waals surface area contributed by atoms with E-state index in [1.54, 1.807) is 11.0 Å². The minimum absolute atomic E-state index is 0.333. The third-order valence-corrected chi connectivity index (χ3v) is 3.46. The minimum Gasteiger partial charge on any atom is -0.351 e. The summed E-state index contributed by atoms with van der Waals surface area (Å²) in [4.78, 5) is 12.7. The Labute approximate surface area is 113 Å². The Morgan fingerprint density at radius 2 is 2.21 bits per heavy atom. The molecule has 5 nitrogen and oxygen atoms in total. The Balaban J connectivity index is 1.80. The normalized spacial score (nSPS) is 16.1. The molecule has 1 aromatic carbocycles. The summed E-state index contributed by atoms with van der Waals surface area (Å²) in [7, 11) is 0. The van der Waals surface area contributed by atoms with Crippen molar-refractivity contribution >= 4 is 6.03 Å². The molecule has 0 aromatic heterocycles. The number of likely N-dealkylation sites (tertiary alicyclic amines) is 1. The smallest absolute Gasteiger partial charge is 0.314 e.